The van der Waals surface area contributed by atoms with Gasteiger partial charge in [-0.1, -0.05) is 43.3 Å². The number of aryl methyl sites for hydroxylation is 1. The number of benzene rings is 1. The van der Waals surface area contributed by atoms with Gasteiger partial charge in [-0.3, -0.25) is 14.2 Å². The van der Waals surface area contributed by atoms with Gasteiger partial charge in [0.05, 0.1) is 22.0 Å². The fraction of sp³-hybridized carbons (Fsp3) is 0.316. The van der Waals surface area contributed by atoms with E-state index in [1.165, 1.54) is 23.1 Å². The van der Waals surface area contributed by atoms with Crippen LogP contribution in [0.2, 0.25) is 5.02 Å². The Morgan fingerprint density at radius 3 is 2.85 bits per heavy atom. The number of rotatable bonds is 6. The summed E-state index contributed by atoms with van der Waals surface area (Å²) in [6, 6.07) is 7.31. The predicted molar refractivity (Wildman–Crippen MR) is 114 cm³/mol. The van der Waals surface area contributed by atoms with E-state index in [0.717, 1.165) is 5.56 Å². The highest BCUT2D eigenvalue weighted by Crippen LogP contribution is 2.24. The van der Waals surface area contributed by atoms with Crippen molar-refractivity contribution in [1.82, 2.24) is 9.55 Å². The van der Waals surface area contributed by atoms with Crippen LogP contribution < -0.4 is 10.9 Å². The largest absolute Gasteiger partial charge is 0.324 e. The second-order valence-corrected chi connectivity index (χ2v) is 8.92. The lowest BCUT2D eigenvalue weighted by atomic mass is 10.2. The van der Waals surface area contributed by atoms with Crippen LogP contribution in [0, 0.1) is 12.8 Å². The van der Waals surface area contributed by atoms with E-state index in [0.29, 0.717) is 38.5 Å². The molecule has 8 heteroatoms. The Morgan fingerprint density at radius 1 is 1.37 bits per heavy atom. The molecule has 27 heavy (non-hydrogen) atoms. The molecule has 0 unspecified atom stereocenters. The molecule has 0 radical (unpaired) electrons. The van der Waals surface area contributed by atoms with E-state index < -0.39 is 0 Å². The molecular formula is C19H20ClN3O2S2. The van der Waals surface area contributed by atoms with E-state index in [4.69, 9.17) is 11.6 Å². The zero-order chi connectivity index (χ0) is 19.6. The highest BCUT2D eigenvalue weighted by Gasteiger charge is 2.15. The second kappa shape index (κ2) is 8.46. The van der Waals surface area contributed by atoms with Gasteiger partial charge in [-0.2, -0.15) is 0 Å². The van der Waals surface area contributed by atoms with Crippen molar-refractivity contribution in [2.75, 3.05) is 11.1 Å². The predicted octanol–water partition coefficient (Wildman–Crippen LogP) is 4.81. The molecule has 3 rings (SSSR count). The van der Waals surface area contributed by atoms with Gasteiger partial charge in [-0.15, -0.1) is 11.3 Å². The molecule has 2 aromatic heterocycles. The summed E-state index contributed by atoms with van der Waals surface area (Å²) in [5.74, 6) is 0.243. The molecule has 0 aliphatic rings. The number of hydrogen-bond acceptors (Lipinski definition) is 5. The first-order valence-corrected chi connectivity index (χ1v) is 10.8. The quantitative estimate of drug-likeness (QED) is 0.458. The van der Waals surface area contributed by atoms with Crippen LogP contribution in [0.5, 0.6) is 0 Å². The van der Waals surface area contributed by atoms with Gasteiger partial charge in [0, 0.05) is 6.54 Å². The molecule has 3 aromatic rings. The van der Waals surface area contributed by atoms with Crippen LogP contribution in [-0.4, -0.2) is 21.2 Å². The Hall–Kier alpha value is -1.83. The number of thiophene rings is 1. The average Bonchev–Trinajstić information content (AvgIpc) is 3.07. The molecule has 1 N–H and O–H groups in total. The van der Waals surface area contributed by atoms with Crippen molar-refractivity contribution < 1.29 is 4.79 Å². The van der Waals surface area contributed by atoms with Gasteiger partial charge in [0.25, 0.3) is 5.56 Å². The van der Waals surface area contributed by atoms with Crippen LogP contribution >= 0.6 is 34.7 Å². The van der Waals surface area contributed by atoms with E-state index >= 15 is 0 Å². The Kier molecular flexibility index (Phi) is 6.24. The van der Waals surface area contributed by atoms with Crippen LogP contribution in [-0.2, 0) is 11.3 Å². The van der Waals surface area contributed by atoms with Crippen molar-refractivity contribution in [2.45, 2.75) is 32.5 Å². The number of carbonyl (C=O) groups is 1. The molecule has 1 aromatic carbocycles. The maximum atomic E-state index is 12.8. The van der Waals surface area contributed by atoms with Crippen molar-refractivity contribution in [3.05, 3.63) is 50.6 Å². The lowest BCUT2D eigenvalue weighted by Crippen LogP contribution is -2.25. The summed E-state index contributed by atoms with van der Waals surface area (Å²) in [6.07, 6.45) is 0. The Labute approximate surface area is 170 Å². The van der Waals surface area contributed by atoms with Crippen LogP contribution in [0.4, 0.5) is 5.69 Å². The smallest absolute Gasteiger partial charge is 0.272 e. The number of nitrogens with zero attached hydrogens (tertiary/aromatic N) is 2. The van der Waals surface area contributed by atoms with Crippen LogP contribution in [0.15, 0.2) is 39.6 Å². The van der Waals surface area contributed by atoms with E-state index in [1.54, 1.807) is 16.7 Å². The molecule has 0 bridgehead atoms. The third-order valence-corrected chi connectivity index (χ3v) is 5.99. The van der Waals surface area contributed by atoms with Gasteiger partial charge < -0.3 is 5.32 Å². The molecule has 2 heterocycles. The zero-order valence-electron chi connectivity index (χ0n) is 15.3. The molecule has 0 saturated carbocycles. The number of halogens is 1. The lowest BCUT2D eigenvalue weighted by molar-refractivity contribution is -0.113. The summed E-state index contributed by atoms with van der Waals surface area (Å²) in [4.78, 5) is 29.7. The average molecular weight is 422 g/mol. The van der Waals surface area contributed by atoms with E-state index in [1.807, 2.05) is 38.3 Å². The summed E-state index contributed by atoms with van der Waals surface area (Å²) < 4.78 is 2.32. The monoisotopic (exact) mass is 421 g/mol. The minimum absolute atomic E-state index is 0.0480. The SMILES string of the molecule is Cc1ccc(NC(=O)CSc2nc3ccsc3c(=O)n2CC(C)C)c(Cl)c1. The van der Waals surface area contributed by atoms with Gasteiger partial charge in [-0.05, 0) is 42.0 Å². The van der Waals surface area contributed by atoms with Gasteiger partial charge >= 0.3 is 0 Å². The number of nitrogens with one attached hydrogen (secondary N) is 1. The fourth-order valence-electron chi connectivity index (χ4n) is 2.60. The molecule has 0 atom stereocenters. The number of fused-ring (bicyclic) bond motifs is 1. The van der Waals surface area contributed by atoms with Crippen molar-refractivity contribution in [2.24, 2.45) is 5.92 Å². The topological polar surface area (TPSA) is 64.0 Å². The number of carbonyl (C=O) groups excluding carboxylic acids is 1. The molecule has 0 fully saturated rings. The summed E-state index contributed by atoms with van der Waals surface area (Å²) in [5.41, 5.74) is 2.23. The molecule has 0 saturated heterocycles. The molecule has 5 nitrogen and oxygen atoms in total. The number of amides is 1. The fourth-order valence-corrected chi connectivity index (χ4v) is 4.47. The van der Waals surface area contributed by atoms with Crippen LogP contribution in [0.1, 0.15) is 19.4 Å². The third-order valence-electron chi connectivity index (χ3n) is 3.81. The molecule has 0 spiro atoms. The third kappa shape index (κ3) is 4.72. The second-order valence-electron chi connectivity index (χ2n) is 6.66. The number of aromatic nitrogens is 2. The lowest BCUT2D eigenvalue weighted by Gasteiger charge is -2.14. The highest BCUT2D eigenvalue weighted by molar-refractivity contribution is 7.99. The molecule has 0 aliphatic carbocycles. The first-order chi connectivity index (χ1) is 12.8. The van der Waals surface area contributed by atoms with Crippen molar-refractivity contribution >= 4 is 56.5 Å². The van der Waals surface area contributed by atoms with Crippen molar-refractivity contribution in [3.63, 3.8) is 0 Å². The van der Waals surface area contributed by atoms with E-state index in [9.17, 15) is 9.59 Å². The zero-order valence-corrected chi connectivity index (χ0v) is 17.7. The van der Waals surface area contributed by atoms with Crippen LogP contribution in [0.3, 0.4) is 0 Å². The van der Waals surface area contributed by atoms with Crippen molar-refractivity contribution in [3.8, 4) is 0 Å². The Balaban J connectivity index is 1.79. The molecule has 0 aliphatic heterocycles. The molecule has 1 amide bonds. The van der Waals surface area contributed by atoms with Gasteiger partial charge in [0.2, 0.25) is 5.91 Å². The maximum Gasteiger partial charge on any atom is 0.272 e. The first-order valence-electron chi connectivity index (χ1n) is 8.52. The van der Waals surface area contributed by atoms with Gasteiger partial charge in [-0.25, -0.2) is 4.98 Å². The Bertz CT molecular complexity index is 1040. The van der Waals surface area contributed by atoms with E-state index in [2.05, 4.69) is 10.3 Å². The van der Waals surface area contributed by atoms with Crippen LogP contribution in [0.25, 0.3) is 10.2 Å². The number of hydrogen-bond donors (Lipinski definition) is 1. The number of anilines is 1. The van der Waals surface area contributed by atoms with E-state index in [-0.39, 0.29) is 17.2 Å². The summed E-state index contributed by atoms with van der Waals surface area (Å²) in [5, 5.41) is 5.73. The molecule has 142 valence electrons. The Morgan fingerprint density at radius 2 is 2.15 bits per heavy atom. The minimum atomic E-state index is -0.193. The summed E-state index contributed by atoms with van der Waals surface area (Å²) in [7, 11) is 0. The minimum Gasteiger partial charge on any atom is -0.324 e. The summed E-state index contributed by atoms with van der Waals surface area (Å²) in [6.45, 7) is 6.60. The van der Waals surface area contributed by atoms with Crippen molar-refractivity contribution in [1.29, 1.82) is 0 Å². The summed E-state index contributed by atoms with van der Waals surface area (Å²) >= 11 is 8.82. The maximum absolute atomic E-state index is 12.8. The van der Waals surface area contributed by atoms with Gasteiger partial charge in [0.1, 0.15) is 4.70 Å². The normalized spacial score (nSPS) is 11.3. The number of thioether (sulfide) groups is 1. The van der Waals surface area contributed by atoms with Gasteiger partial charge in [0.15, 0.2) is 5.16 Å². The highest BCUT2D eigenvalue weighted by atomic mass is 35.5. The standard InChI is InChI=1S/C19H20ClN3O2S2/c1-11(2)9-23-18(25)17-15(6-7-26-17)22-19(23)27-10-16(24)21-14-5-4-12(3)8-13(14)20/h4-8,11H,9-10H2,1-3H3,(H,21,24). The molecular weight excluding hydrogens is 402 g/mol. The first kappa shape index (κ1) is 19.9.